The Balaban J connectivity index is 1.49. The molecule has 0 radical (unpaired) electrons. The molecule has 1 aromatic carbocycles. The van der Waals surface area contributed by atoms with E-state index >= 15 is 0 Å². The number of hydrogen-bond donors (Lipinski definition) is 1. The molecule has 5 nitrogen and oxygen atoms in total. The molecular formula is C19H24N4O. The van der Waals surface area contributed by atoms with Crippen molar-refractivity contribution >= 4 is 11.7 Å². The van der Waals surface area contributed by atoms with E-state index < -0.39 is 0 Å². The third-order valence-corrected chi connectivity index (χ3v) is 4.57. The topological polar surface area (TPSA) is 58.1 Å². The van der Waals surface area contributed by atoms with E-state index in [1.807, 2.05) is 13.0 Å². The van der Waals surface area contributed by atoms with Gasteiger partial charge < -0.3 is 10.2 Å². The number of aromatic nitrogens is 2. The number of nitrogens with one attached hydrogen (secondary N) is 1. The molecule has 0 unspecified atom stereocenters. The average Bonchev–Trinajstić information content (AvgIpc) is 2.61. The molecule has 1 amide bonds. The highest BCUT2D eigenvalue weighted by molar-refractivity contribution is 5.79. The normalized spacial score (nSPS) is 15.3. The monoisotopic (exact) mass is 324 g/mol. The van der Waals surface area contributed by atoms with Crippen LogP contribution in [0.4, 0.5) is 5.82 Å². The first-order valence-corrected chi connectivity index (χ1v) is 8.48. The number of amides is 1. The lowest BCUT2D eigenvalue weighted by Gasteiger charge is -2.32. The maximum atomic E-state index is 12.4. The van der Waals surface area contributed by atoms with Gasteiger partial charge in [0.25, 0.3) is 0 Å². The second-order valence-electron chi connectivity index (χ2n) is 6.48. The Hall–Kier alpha value is -2.43. The molecule has 3 rings (SSSR count). The Bertz CT molecular complexity index is 691. The zero-order valence-corrected chi connectivity index (χ0v) is 14.3. The van der Waals surface area contributed by atoms with Crippen LogP contribution >= 0.6 is 0 Å². The second kappa shape index (κ2) is 7.43. The van der Waals surface area contributed by atoms with Gasteiger partial charge in [-0.2, -0.15) is 0 Å². The summed E-state index contributed by atoms with van der Waals surface area (Å²) in [5, 5.41) is 3.07. The summed E-state index contributed by atoms with van der Waals surface area (Å²) in [7, 11) is 0. The van der Waals surface area contributed by atoms with E-state index in [0.29, 0.717) is 6.54 Å². The van der Waals surface area contributed by atoms with E-state index in [1.54, 1.807) is 6.33 Å². The SMILES string of the molecule is Cc1ccc(CNC(=O)C2CCN(c3cc(C)ncn3)CC2)cc1. The fourth-order valence-electron chi connectivity index (χ4n) is 3.02. The second-order valence-corrected chi connectivity index (χ2v) is 6.48. The molecule has 2 aromatic rings. The zero-order chi connectivity index (χ0) is 16.9. The molecule has 24 heavy (non-hydrogen) atoms. The third-order valence-electron chi connectivity index (χ3n) is 4.57. The number of nitrogens with zero attached hydrogens (tertiary/aromatic N) is 3. The van der Waals surface area contributed by atoms with Crippen LogP contribution in [0.2, 0.25) is 0 Å². The Morgan fingerprint density at radius 2 is 1.88 bits per heavy atom. The number of carbonyl (C=O) groups excluding carboxylic acids is 1. The number of anilines is 1. The molecule has 1 aliphatic heterocycles. The lowest BCUT2D eigenvalue weighted by Crippen LogP contribution is -2.40. The van der Waals surface area contributed by atoms with Crippen LogP contribution < -0.4 is 10.2 Å². The molecule has 1 fully saturated rings. The minimum Gasteiger partial charge on any atom is -0.356 e. The number of aryl methyl sites for hydroxylation is 2. The molecule has 1 aliphatic rings. The Morgan fingerprint density at radius 1 is 1.17 bits per heavy atom. The van der Waals surface area contributed by atoms with Gasteiger partial charge in [0.15, 0.2) is 0 Å². The van der Waals surface area contributed by atoms with Crippen molar-refractivity contribution < 1.29 is 4.79 Å². The molecular weight excluding hydrogens is 300 g/mol. The summed E-state index contributed by atoms with van der Waals surface area (Å²) in [5.74, 6) is 1.21. The highest BCUT2D eigenvalue weighted by Gasteiger charge is 2.25. The molecule has 0 atom stereocenters. The first-order chi connectivity index (χ1) is 11.6. The van der Waals surface area contributed by atoms with Gasteiger partial charge in [-0.25, -0.2) is 9.97 Å². The number of rotatable bonds is 4. The number of hydrogen-bond acceptors (Lipinski definition) is 4. The molecule has 0 bridgehead atoms. The van der Waals surface area contributed by atoms with Gasteiger partial charge in [0, 0.05) is 37.3 Å². The standard InChI is InChI=1S/C19H24N4O/c1-14-3-5-16(6-4-14)12-20-19(24)17-7-9-23(10-8-17)18-11-15(2)21-13-22-18/h3-6,11,13,17H,7-10,12H2,1-2H3,(H,20,24). The lowest BCUT2D eigenvalue weighted by molar-refractivity contribution is -0.125. The van der Waals surface area contributed by atoms with Crippen molar-refractivity contribution in [3.05, 3.63) is 53.5 Å². The number of piperidine rings is 1. The predicted molar refractivity (Wildman–Crippen MR) is 94.7 cm³/mol. The van der Waals surface area contributed by atoms with Crippen molar-refractivity contribution in [2.24, 2.45) is 5.92 Å². The van der Waals surface area contributed by atoms with E-state index in [9.17, 15) is 4.79 Å². The number of benzene rings is 1. The van der Waals surface area contributed by atoms with Gasteiger partial charge in [-0.15, -0.1) is 0 Å². The smallest absolute Gasteiger partial charge is 0.223 e. The highest BCUT2D eigenvalue weighted by Crippen LogP contribution is 2.22. The van der Waals surface area contributed by atoms with Crippen LogP contribution in [-0.2, 0) is 11.3 Å². The molecule has 126 valence electrons. The van der Waals surface area contributed by atoms with Gasteiger partial charge in [-0.3, -0.25) is 4.79 Å². The van der Waals surface area contributed by atoms with E-state index in [0.717, 1.165) is 43.0 Å². The van der Waals surface area contributed by atoms with Gasteiger partial charge in [-0.05, 0) is 32.3 Å². The molecule has 1 saturated heterocycles. The van der Waals surface area contributed by atoms with Crippen LogP contribution in [0.1, 0.15) is 29.7 Å². The molecule has 1 N–H and O–H groups in total. The van der Waals surface area contributed by atoms with Crippen molar-refractivity contribution in [1.29, 1.82) is 0 Å². The Labute approximate surface area is 143 Å². The van der Waals surface area contributed by atoms with E-state index in [4.69, 9.17) is 0 Å². The van der Waals surface area contributed by atoms with Gasteiger partial charge in [0.1, 0.15) is 12.1 Å². The summed E-state index contributed by atoms with van der Waals surface area (Å²) < 4.78 is 0. The highest BCUT2D eigenvalue weighted by atomic mass is 16.1. The summed E-state index contributed by atoms with van der Waals surface area (Å²) >= 11 is 0. The summed E-state index contributed by atoms with van der Waals surface area (Å²) in [4.78, 5) is 23.1. The summed E-state index contributed by atoms with van der Waals surface area (Å²) in [6, 6.07) is 10.3. The Kier molecular flexibility index (Phi) is 5.08. The summed E-state index contributed by atoms with van der Waals surface area (Å²) in [5.41, 5.74) is 3.35. The molecule has 0 saturated carbocycles. The molecule has 1 aromatic heterocycles. The quantitative estimate of drug-likeness (QED) is 0.939. The molecule has 2 heterocycles. The minimum absolute atomic E-state index is 0.0923. The fraction of sp³-hybridized carbons (Fsp3) is 0.421. The summed E-state index contributed by atoms with van der Waals surface area (Å²) in [6.45, 7) is 6.36. The van der Waals surface area contributed by atoms with Gasteiger partial charge in [0.2, 0.25) is 5.91 Å². The van der Waals surface area contributed by atoms with Crippen molar-refractivity contribution in [1.82, 2.24) is 15.3 Å². The fourth-order valence-corrected chi connectivity index (χ4v) is 3.02. The van der Waals surface area contributed by atoms with Crippen LogP contribution in [-0.4, -0.2) is 29.0 Å². The Morgan fingerprint density at radius 3 is 2.54 bits per heavy atom. The van der Waals surface area contributed by atoms with E-state index in [-0.39, 0.29) is 11.8 Å². The number of carbonyl (C=O) groups is 1. The van der Waals surface area contributed by atoms with Crippen LogP contribution in [0, 0.1) is 19.8 Å². The zero-order valence-electron chi connectivity index (χ0n) is 14.3. The molecule has 0 spiro atoms. The van der Waals surface area contributed by atoms with Gasteiger partial charge in [-0.1, -0.05) is 29.8 Å². The first-order valence-electron chi connectivity index (χ1n) is 8.48. The van der Waals surface area contributed by atoms with E-state index in [2.05, 4.69) is 51.4 Å². The van der Waals surface area contributed by atoms with E-state index in [1.165, 1.54) is 5.56 Å². The van der Waals surface area contributed by atoms with Crippen LogP contribution in [0.5, 0.6) is 0 Å². The van der Waals surface area contributed by atoms with Crippen molar-refractivity contribution in [3.8, 4) is 0 Å². The molecule has 0 aliphatic carbocycles. The van der Waals surface area contributed by atoms with Crippen molar-refractivity contribution in [2.75, 3.05) is 18.0 Å². The predicted octanol–water partition coefficient (Wildman–Crippen LogP) is 2.63. The van der Waals surface area contributed by atoms with Crippen molar-refractivity contribution in [2.45, 2.75) is 33.2 Å². The average molecular weight is 324 g/mol. The lowest BCUT2D eigenvalue weighted by atomic mass is 9.95. The third kappa shape index (κ3) is 4.10. The maximum Gasteiger partial charge on any atom is 0.223 e. The van der Waals surface area contributed by atoms with Crippen LogP contribution in [0.15, 0.2) is 36.7 Å². The minimum atomic E-state index is 0.0923. The van der Waals surface area contributed by atoms with Gasteiger partial charge >= 0.3 is 0 Å². The maximum absolute atomic E-state index is 12.4. The molecule has 5 heteroatoms. The summed E-state index contributed by atoms with van der Waals surface area (Å²) in [6.07, 6.45) is 3.33. The van der Waals surface area contributed by atoms with Crippen LogP contribution in [0.3, 0.4) is 0 Å². The first kappa shape index (κ1) is 16.4. The van der Waals surface area contributed by atoms with Crippen molar-refractivity contribution in [3.63, 3.8) is 0 Å². The largest absolute Gasteiger partial charge is 0.356 e. The van der Waals surface area contributed by atoms with Gasteiger partial charge in [0.05, 0.1) is 0 Å². The van der Waals surface area contributed by atoms with Crippen LogP contribution in [0.25, 0.3) is 0 Å².